The smallest absolute Gasteiger partial charge is 0.330 e. The standard InChI is InChI=1S/C25H28FN5O5S/c1-14-21(23(34)31-19(24(35)36-3)13-28-22(33)20-7-5-9-37-20)15(2)30-25(29-14)27-8-4-6-16-10-17(26)12-18(32)11-16/h5,7,9-12,19,32H,4,6,8,13H2,1-3H3,(H,28,33)(H,31,34)(H,27,29,30). The van der Waals surface area contributed by atoms with E-state index in [9.17, 15) is 23.9 Å². The van der Waals surface area contributed by atoms with Crippen LogP contribution in [0.4, 0.5) is 10.3 Å². The molecule has 1 unspecified atom stereocenters. The number of phenolic OH excluding ortho intramolecular Hbond substituents is 1. The summed E-state index contributed by atoms with van der Waals surface area (Å²) in [6, 6.07) is 6.20. The summed E-state index contributed by atoms with van der Waals surface area (Å²) in [4.78, 5) is 46.6. The summed E-state index contributed by atoms with van der Waals surface area (Å²) >= 11 is 1.26. The number of amides is 2. The molecule has 1 atom stereocenters. The summed E-state index contributed by atoms with van der Waals surface area (Å²) < 4.78 is 18.2. The summed E-state index contributed by atoms with van der Waals surface area (Å²) in [7, 11) is 1.19. The Kier molecular flexibility index (Phi) is 9.50. The Balaban J connectivity index is 1.59. The maximum absolute atomic E-state index is 13.4. The number of ether oxygens (including phenoxy) is 1. The molecule has 2 amide bonds. The van der Waals surface area contributed by atoms with Gasteiger partial charge in [-0.1, -0.05) is 6.07 Å². The quantitative estimate of drug-likeness (QED) is 0.219. The van der Waals surface area contributed by atoms with Gasteiger partial charge in [0, 0.05) is 19.2 Å². The van der Waals surface area contributed by atoms with Gasteiger partial charge in [-0.2, -0.15) is 0 Å². The van der Waals surface area contributed by atoms with Gasteiger partial charge in [-0.3, -0.25) is 9.59 Å². The minimum atomic E-state index is -1.11. The molecule has 0 spiro atoms. The molecule has 0 fully saturated rings. The van der Waals surface area contributed by atoms with Gasteiger partial charge in [0.05, 0.1) is 28.9 Å². The Bertz CT molecular complexity index is 1230. The Morgan fingerprint density at radius 1 is 1.14 bits per heavy atom. The maximum Gasteiger partial charge on any atom is 0.330 e. The second-order valence-corrected chi connectivity index (χ2v) is 9.13. The fourth-order valence-corrected chi connectivity index (χ4v) is 4.29. The number of aromatic hydroxyl groups is 1. The highest BCUT2D eigenvalue weighted by atomic mass is 32.1. The second kappa shape index (κ2) is 12.8. The van der Waals surface area contributed by atoms with Crippen molar-refractivity contribution in [3.05, 3.63) is 68.9 Å². The number of esters is 1. The Morgan fingerprint density at radius 3 is 2.49 bits per heavy atom. The highest BCUT2D eigenvalue weighted by Gasteiger charge is 2.25. The SMILES string of the molecule is COC(=O)C(CNC(=O)c1cccs1)NC(=O)c1c(C)nc(NCCCc2cc(O)cc(F)c2)nc1C. The number of hydrogen-bond donors (Lipinski definition) is 4. The number of halogens is 1. The third kappa shape index (κ3) is 7.71. The van der Waals surface area contributed by atoms with Crippen molar-refractivity contribution in [1.29, 1.82) is 0 Å². The maximum atomic E-state index is 13.4. The third-order valence-electron chi connectivity index (χ3n) is 5.37. The number of aryl methyl sites for hydroxylation is 3. The van der Waals surface area contributed by atoms with Crippen molar-refractivity contribution in [1.82, 2.24) is 20.6 Å². The Hall–Kier alpha value is -4.06. The molecular weight excluding hydrogens is 501 g/mol. The first kappa shape index (κ1) is 27.5. The van der Waals surface area contributed by atoms with E-state index in [4.69, 9.17) is 4.74 Å². The van der Waals surface area contributed by atoms with E-state index in [1.54, 1.807) is 31.4 Å². The lowest BCUT2D eigenvalue weighted by Crippen LogP contribution is -2.49. The molecule has 196 valence electrons. The van der Waals surface area contributed by atoms with Gasteiger partial charge in [0.25, 0.3) is 11.8 Å². The van der Waals surface area contributed by atoms with E-state index < -0.39 is 23.7 Å². The van der Waals surface area contributed by atoms with Crippen LogP contribution in [0, 0.1) is 19.7 Å². The number of thiophene rings is 1. The van der Waals surface area contributed by atoms with Crippen molar-refractivity contribution >= 4 is 35.1 Å². The van der Waals surface area contributed by atoms with Crippen molar-refractivity contribution < 1.29 is 28.6 Å². The number of aromatic nitrogens is 2. The Labute approximate surface area is 217 Å². The van der Waals surface area contributed by atoms with Crippen LogP contribution in [0.1, 0.15) is 43.4 Å². The van der Waals surface area contributed by atoms with Gasteiger partial charge in [0.15, 0.2) is 0 Å². The lowest BCUT2D eigenvalue weighted by atomic mass is 10.1. The van der Waals surface area contributed by atoms with Crippen LogP contribution in [0.25, 0.3) is 0 Å². The van der Waals surface area contributed by atoms with E-state index in [2.05, 4.69) is 25.9 Å². The Morgan fingerprint density at radius 2 is 1.86 bits per heavy atom. The predicted octanol–water partition coefficient (Wildman–Crippen LogP) is 2.75. The number of nitrogens with one attached hydrogen (secondary N) is 3. The molecule has 2 aromatic heterocycles. The van der Waals surface area contributed by atoms with Crippen molar-refractivity contribution in [2.24, 2.45) is 0 Å². The van der Waals surface area contributed by atoms with Gasteiger partial charge in [-0.05, 0) is 55.8 Å². The molecular formula is C25H28FN5O5S. The predicted molar refractivity (Wildman–Crippen MR) is 136 cm³/mol. The molecule has 0 aliphatic rings. The second-order valence-electron chi connectivity index (χ2n) is 8.18. The number of rotatable bonds is 11. The van der Waals surface area contributed by atoms with E-state index >= 15 is 0 Å². The molecule has 0 saturated carbocycles. The molecule has 3 aromatic rings. The molecule has 0 radical (unpaired) electrons. The number of hydrogen-bond acceptors (Lipinski definition) is 9. The summed E-state index contributed by atoms with van der Waals surface area (Å²) in [6.07, 6.45) is 1.17. The first-order valence-corrected chi connectivity index (χ1v) is 12.3. The largest absolute Gasteiger partial charge is 0.508 e. The third-order valence-corrected chi connectivity index (χ3v) is 6.24. The molecule has 4 N–H and O–H groups in total. The van der Waals surface area contributed by atoms with Crippen LogP contribution in [0.2, 0.25) is 0 Å². The van der Waals surface area contributed by atoms with Crippen LogP contribution in [0.3, 0.4) is 0 Å². The molecule has 10 nitrogen and oxygen atoms in total. The first-order chi connectivity index (χ1) is 17.7. The monoisotopic (exact) mass is 529 g/mol. The first-order valence-electron chi connectivity index (χ1n) is 11.5. The van der Waals surface area contributed by atoms with Crippen molar-refractivity contribution in [3.63, 3.8) is 0 Å². The zero-order chi connectivity index (χ0) is 26.9. The number of benzene rings is 1. The minimum Gasteiger partial charge on any atom is -0.508 e. The number of nitrogens with zero attached hydrogens (tertiary/aromatic N) is 2. The van der Waals surface area contributed by atoms with E-state index in [-0.39, 0.29) is 23.8 Å². The number of carbonyl (C=O) groups excluding carboxylic acids is 3. The van der Waals surface area contributed by atoms with Gasteiger partial charge < -0.3 is 25.8 Å². The summed E-state index contributed by atoms with van der Waals surface area (Å²) in [5, 5.41) is 19.5. The molecule has 2 heterocycles. The van der Waals surface area contributed by atoms with Crippen LogP contribution in [0.15, 0.2) is 35.7 Å². The molecule has 37 heavy (non-hydrogen) atoms. The van der Waals surface area contributed by atoms with Crippen LogP contribution in [-0.4, -0.2) is 59.1 Å². The van der Waals surface area contributed by atoms with Gasteiger partial charge in [-0.25, -0.2) is 19.2 Å². The highest BCUT2D eigenvalue weighted by Crippen LogP contribution is 2.17. The molecule has 3 rings (SSSR count). The van der Waals surface area contributed by atoms with Crippen LogP contribution >= 0.6 is 11.3 Å². The van der Waals surface area contributed by atoms with E-state index in [0.29, 0.717) is 47.2 Å². The summed E-state index contributed by atoms with van der Waals surface area (Å²) in [5.41, 5.74) is 1.67. The molecule has 1 aromatic carbocycles. The van der Waals surface area contributed by atoms with E-state index in [0.717, 1.165) is 6.07 Å². The number of anilines is 1. The van der Waals surface area contributed by atoms with Crippen LogP contribution in [-0.2, 0) is 16.0 Å². The molecule has 0 aliphatic carbocycles. The normalized spacial score (nSPS) is 11.5. The average Bonchev–Trinajstić information content (AvgIpc) is 3.38. The fourth-order valence-electron chi connectivity index (χ4n) is 3.65. The highest BCUT2D eigenvalue weighted by molar-refractivity contribution is 7.12. The van der Waals surface area contributed by atoms with Crippen molar-refractivity contribution in [2.75, 3.05) is 25.5 Å². The van der Waals surface area contributed by atoms with E-state index in [1.807, 2.05) is 0 Å². The van der Waals surface area contributed by atoms with Crippen molar-refractivity contribution in [2.45, 2.75) is 32.7 Å². The lowest BCUT2D eigenvalue weighted by Gasteiger charge is -2.18. The molecule has 0 saturated heterocycles. The van der Waals surface area contributed by atoms with Gasteiger partial charge >= 0.3 is 5.97 Å². The summed E-state index contributed by atoms with van der Waals surface area (Å²) in [6.45, 7) is 3.62. The fraction of sp³-hybridized carbons (Fsp3) is 0.320. The topological polar surface area (TPSA) is 143 Å². The molecule has 0 aliphatic heterocycles. The van der Waals surface area contributed by atoms with Crippen LogP contribution in [0.5, 0.6) is 5.75 Å². The average molecular weight is 530 g/mol. The summed E-state index contributed by atoms with van der Waals surface area (Å²) in [5.74, 6) is -1.94. The number of methoxy groups -OCH3 is 1. The zero-order valence-corrected chi connectivity index (χ0v) is 21.4. The number of carbonyl (C=O) groups is 3. The molecule has 12 heteroatoms. The zero-order valence-electron chi connectivity index (χ0n) is 20.6. The van der Waals surface area contributed by atoms with Crippen LogP contribution < -0.4 is 16.0 Å². The lowest BCUT2D eigenvalue weighted by molar-refractivity contribution is -0.142. The van der Waals surface area contributed by atoms with Crippen molar-refractivity contribution in [3.8, 4) is 5.75 Å². The van der Waals surface area contributed by atoms with E-state index in [1.165, 1.54) is 30.6 Å². The van der Waals surface area contributed by atoms with Gasteiger partial charge in [0.2, 0.25) is 5.95 Å². The minimum absolute atomic E-state index is 0.120. The van der Waals surface area contributed by atoms with Gasteiger partial charge in [-0.15, -0.1) is 11.3 Å². The molecule has 0 bridgehead atoms. The van der Waals surface area contributed by atoms with Gasteiger partial charge in [0.1, 0.15) is 17.6 Å². The number of phenols is 1.